The number of ether oxygens (including phenoxy) is 1. The van der Waals surface area contributed by atoms with Crippen molar-refractivity contribution in [2.24, 2.45) is 0 Å². The van der Waals surface area contributed by atoms with Crippen LogP contribution in [0.1, 0.15) is 24.8 Å². The highest BCUT2D eigenvalue weighted by atomic mass is 19.1. The summed E-state index contributed by atoms with van der Waals surface area (Å²) in [7, 11) is 1.69. The molecule has 0 spiro atoms. The second kappa shape index (κ2) is 9.12. The third-order valence-corrected chi connectivity index (χ3v) is 4.23. The monoisotopic (exact) mass is 383 g/mol. The van der Waals surface area contributed by atoms with E-state index < -0.39 is 0 Å². The lowest BCUT2D eigenvalue weighted by atomic mass is 10.1. The van der Waals surface area contributed by atoms with Crippen molar-refractivity contribution in [1.82, 2.24) is 15.0 Å². The third-order valence-electron chi connectivity index (χ3n) is 4.23. The predicted molar refractivity (Wildman–Crippen MR) is 102 cm³/mol. The Morgan fingerprint density at radius 2 is 1.86 bits per heavy atom. The van der Waals surface area contributed by atoms with E-state index in [9.17, 15) is 9.18 Å². The Bertz CT molecular complexity index is 907. The van der Waals surface area contributed by atoms with Gasteiger partial charge in [0.1, 0.15) is 11.6 Å². The molecule has 0 radical (unpaired) electrons. The number of aromatic nitrogens is 2. The molecule has 146 valence electrons. The zero-order valence-electron chi connectivity index (χ0n) is 15.9. The first-order valence-electron chi connectivity index (χ1n) is 9.09. The van der Waals surface area contributed by atoms with Gasteiger partial charge in [-0.05, 0) is 55.3 Å². The van der Waals surface area contributed by atoms with Gasteiger partial charge in [0.15, 0.2) is 0 Å². The van der Waals surface area contributed by atoms with Gasteiger partial charge >= 0.3 is 0 Å². The Morgan fingerprint density at radius 1 is 1.14 bits per heavy atom. The van der Waals surface area contributed by atoms with Gasteiger partial charge in [-0.3, -0.25) is 4.79 Å². The van der Waals surface area contributed by atoms with E-state index in [1.807, 2.05) is 31.2 Å². The Balaban J connectivity index is 1.54. The van der Waals surface area contributed by atoms with E-state index in [0.29, 0.717) is 31.2 Å². The van der Waals surface area contributed by atoms with E-state index in [4.69, 9.17) is 9.26 Å². The molecular weight excluding hydrogens is 361 g/mol. The minimum absolute atomic E-state index is 0.0508. The van der Waals surface area contributed by atoms with E-state index >= 15 is 0 Å². The van der Waals surface area contributed by atoms with Gasteiger partial charge in [-0.2, -0.15) is 4.98 Å². The van der Waals surface area contributed by atoms with Gasteiger partial charge < -0.3 is 14.2 Å². The molecule has 0 aliphatic carbocycles. The molecule has 0 atom stereocenters. The number of aryl methyl sites for hydroxylation is 1. The first-order chi connectivity index (χ1) is 13.5. The summed E-state index contributed by atoms with van der Waals surface area (Å²) in [5.74, 6) is 1.27. The highest BCUT2D eigenvalue weighted by Gasteiger charge is 2.15. The quantitative estimate of drug-likeness (QED) is 0.591. The molecule has 1 aromatic heterocycles. The summed E-state index contributed by atoms with van der Waals surface area (Å²) in [4.78, 5) is 18.2. The highest BCUT2D eigenvalue weighted by molar-refractivity contribution is 5.76. The molecule has 3 rings (SSSR count). The number of halogens is 1. The van der Waals surface area contributed by atoms with Crippen molar-refractivity contribution < 1.29 is 18.4 Å². The van der Waals surface area contributed by atoms with Crippen LogP contribution in [-0.4, -0.2) is 34.6 Å². The number of carbonyl (C=O) groups is 1. The maximum absolute atomic E-state index is 12.9. The van der Waals surface area contributed by atoms with E-state index in [1.54, 1.807) is 24.1 Å². The van der Waals surface area contributed by atoms with E-state index in [0.717, 1.165) is 16.9 Å². The van der Waals surface area contributed by atoms with Crippen LogP contribution < -0.4 is 4.74 Å². The summed E-state index contributed by atoms with van der Waals surface area (Å²) in [6.45, 7) is 2.76. The van der Waals surface area contributed by atoms with Crippen molar-refractivity contribution in [3.05, 3.63) is 65.8 Å². The largest absolute Gasteiger partial charge is 0.494 e. The molecule has 0 fully saturated rings. The van der Waals surface area contributed by atoms with Crippen molar-refractivity contribution in [1.29, 1.82) is 0 Å². The molecule has 0 N–H and O–H groups in total. The number of hydrogen-bond donors (Lipinski definition) is 0. The fraction of sp³-hybridized carbons (Fsp3) is 0.286. The fourth-order valence-electron chi connectivity index (χ4n) is 2.69. The second-order valence-electron chi connectivity index (χ2n) is 6.35. The molecule has 28 heavy (non-hydrogen) atoms. The molecule has 0 saturated heterocycles. The molecule has 0 saturated carbocycles. The Kier molecular flexibility index (Phi) is 6.37. The van der Waals surface area contributed by atoms with Crippen LogP contribution in [0, 0.1) is 5.82 Å². The van der Waals surface area contributed by atoms with Crippen molar-refractivity contribution >= 4 is 5.91 Å². The summed E-state index contributed by atoms with van der Waals surface area (Å²) in [5, 5.41) is 3.98. The van der Waals surface area contributed by atoms with Crippen molar-refractivity contribution in [3.8, 4) is 17.1 Å². The van der Waals surface area contributed by atoms with Crippen molar-refractivity contribution in [3.63, 3.8) is 0 Å². The predicted octanol–water partition coefficient (Wildman–Crippen LogP) is 3.87. The van der Waals surface area contributed by atoms with Crippen LogP contribution in [-0.2, 0) is 17.8 Å². The van der Waals surface area contributed by atoms with Crippen LogP contribution in [0.15, 0.2) is 53.1 Å². The minimum Gasteiger partial charge on any atom is -0.494 e. The molecule has 0 aliphatic heterocycles. The molecule has 7 heteroatoms. The first-order valence-corrected chi connectivity index (χ1v) is 9.09. The maximum atomic E-state index is 12.9. The summed E-state index contributed by atoms with van der Waals surface area (Å²) in [5.41, 5.74) is 1.72. The van der Waals surface area contributed by atoms with Crippen LogP contribution in [0.2, 0.25) is 0 Å². The minimum atomic E-state index is -0.285. The van der Waals surface area contributed by atoms with Gasteiger partial charge in [0.25, 0.3) is 0 Å². The van der Waals surface area contributed by atoms with E-state index in [1.165, 1.54) is 12.1 Å². The lowest BCUT2D eigenvalue weighted by Crippen LogP contribution is -2.26. The zero-order chi connectivity index (χ0) is 19.9. The SMILES string of the molecule is CCOc1ccc(-c2noc(CN(C)C(=O)CCc3ccc(F)cc3)n2)cc1. The number of benzene rings is 2. The fourth-order valence-corrected chi connectivity index (χ4v) is 2.69. The molecule has 0 bridgehead atoms. The van der Waals surface area contributed by atoms with Gasteiger partial charge in [-0.25, -0.2) is 4.39 Å². The van der Waals surface area contributed by atoms with Gasteiger partial charge in [0.2, 0.25) is 17.6 Å². The van der Waals surface area contributed by atoms with Gasteiger partial charge in [0, 0.05) is 19.0 Å². The number of nitrogens with zero attached hydrogens (tertiary/aromatic N) is 3. The average molecular weight is 383 g/mol. The van der Waals surface area contributed by atoms with Crippen LogP contribution in [0.5, 0.6) is 5.75 Å². The van der Waals surface area contributed by atoms with E-state index in [-0.39, 0.29) is 18.3 Å². The van der Waals surface area contributed by atoms with E-state index in [2.05, 4.69) is 10.1 Å². The lowest BCUT2D eigenvalue weighted by Gasteiger charge is -2.14. The lowest BCUT2D eigenvalue weighted by molar-refractivity contribution is -0.130. The molecule has 0 aliphatic rings. The second-order valence-corrected chi connectivity index (χ2v) is 6.35. The number of amides is 1. The Morgan fingerprint density at radius 3 is 2.54 bits per heavy atom. The smallest absolute Gasteiger partial charge is 0.246 e. The first kappa shape index (κ1) is 19.5. The molecular formula is C21H22FN3O3. The molecule has 0 unspecified atom stereocenters. The third kappa shape index (κ3) is 5.16. The molecule has 6 nitrogen and oxygen atoms in total. The van der Waals surface area contributed by atoms with Crippen LogP contribution >= 0.6 is 0 Å². The van der Waals surface area contributed by atoms with Gasteiger partial charge in [-0.15, -0.1) is 0 Å². The summed E-state index contributed by atoms with van der Waals surface area (Å²) < 4.78 is 23.6. The number of hydrogen-bond acceptors (Lipinski definition) is 5. The van der Waals surface area contributed by atoms with Crippen molar-refractivity contribution in [2.45, 2.75) is 26.3 Å². The van der Waals surface area contributed by atoms with Gasteiger partial charge in [0.05, 0.1) is 13.2 Å². The number of carbonyl (C=O) groups excluding carboxylic acids is 1. The normalized spacial score (nSPS) is 10.7. The standard InChI is InChI=1S/C21H22FN3O3/c1-3-27-18-11-7-16(8-12-18)21-23-19(28-24-21)14-25(2)20(26)13-6-15-4-9-17(22)10-5-15/h4-5,7-12H,3,6,13-14H2,1-2H3. The van der Waals surface area contributed by atoms with Crippen molar-refractivity contribution in [2.75, 3.05) is 13.7 Å². The Hall–Kier alpha value is -3.22. The molecule has 1 amide bonds. The highest BCUT2D eigenvalue weighted by Crippen LogP contribution is 2.20. The summed E-state index contributed by atoms with van der Waals surface area (Å²) in [6, 6.07) is 13.6. The molecule has 3 aromatic rings. The summed E-state index contributed by atoms with van der Waals surface area (Å²) >= 11 is 0. The maximum Gasteiger partial charge on any atom is 0.246 e. The Labute approximate surface area is 162 Å². The van der Waals surface area contributed by atoms with Gasteiger partial charge in [-0.1, -0.05) is 17.3 Å². The topological polar surface area (TPSA) is 68.5 Å². The average Bonchev–Trinajstić information content (AvgIpc) is 3.16. The summed E-state index contributed by atoms with van der Waals surface area (Å²) in [6.07, 6.45) is 0.868. The molecule has 1 heterocycles. The van der Waals surface area contributed by atoms with Crippen LogP contribution in [0.25, 0.3) is 11.4 Å². The zero-order valence-corrected chi connectivity index (χ0v) is 15.9. The molecule has 2 aromatic carbocycles. The van der Waals surface area contributed by atoms with Crippen LogP contribution in [0.3, 0.4) is 0 Å². The van der Waals surface area contributed by atoms with Crippen LogP contribution in [0.4, 0.5) is 4.39 Å². The number of rotatable bonds is 8.